The number of nitrogens with zero attached hydrogens (tertiary/aromatic N) is 3. The van der Waals surface area contributed by atoms with Crippen molar-refractivity contribution in [2.24, 2.45) is 0 Å². The van der Waals surface area contributed by atoms with Crippen molar-refractivity contribution in [3.05, 3.63) is 84.9 Å². The van der Waals surface area contributed by atoms with Crippen LogP contribution in [0.1, 0.15) is 6.92 Å². The van der Waals surface area contributed by atoms with Gasteiger partial charge >= 0.3 is 0 Å². The summed E-state index contributed by atoms with van der Waals surface area (Å²) >= 11 is 1.30. The monoisotopic (exact) mass is 498 g/mol. The molecule has 0 bridgehead atoms. The van der Waals surface area contributed by atoms with Crippen LogP contribution >= 0.6 is 11.8 Å². The molecule has 0 radical (unpaired) electrons. The van der Waals surface area contributed by atoms with Gasteiger partial charge in [0.05, 0.1) is 5.75 Å². The number of likely N-dealkylation sites (N-methyl/N-ethyl adjacent to an activating group) is 1. The summed E-state index contributed by atoms with van der Waals surface area (Å²) in [6, 6.07) is 28.0. The third-order valence-corrected chi connectivity index (χ3v) is 7.18. The van der Waals surface area contributed by atoms with E-state index >= 15 is 0 Å². The molecule has 1 saturated heterocycles. The molecule has 1 fully saturated rings. The van der Waals surface area contributed by atoms with Crippen LogP contribution in [0.5, 0.6) is 0 Å². The van der Waals surface area contributed by atoms with E-state index < -0.39 is 0 Å². The second-order valence-corrected chi connectivity index (χ2v) is 9.62. The summed E-state index contributed by atoms with van der Waals surface area (Å²) in [7, 11) is 0. The van der Waals surface area contributed by atoms with E-state index in [0.717, 1.165) is 55.2 Å². The van der Waals surface area contributed by atoms with Crippen LogP contribution in [0.25, 0.3) is 22.6 Å². The summed E-state index contributed by atoms with van der Waals surface area (Å²) in [6.07, 6.45) is 0. The van der Waals surface area contributed by atoms with Gasteiger partial charge in [-0.15, -0.1) is 0 Å². The minimum atomic E-state index is -0.0926. The summed E-state index contributed by atoms with van der Waals surface area (Å²) in [5.74, 6) is 0.828. The van der Waals surface area contributed by atoms with Crippen LogP contribution in [0.2, 0.25) is 0 Å². The lowest BCUT2D eigenvalue weighted by molar-refractivity contribution is -0.113. The molecule has 0 atom stereocenters. The lowest BCUT2D eigenvalue weighted by Gasteiger charge is -2.35. The predicted molar refractivity (Wildman–Crippen MR) is 147 cm³/mol. The Kier molecular flexibility index (Phi) is 7.69. The molecule has 0 aliphatic carbocycles. The predicted octanol–water partition coefficient (Wildman–Crippen LogP) is 5.88. The van der Waals surface area contributed by atoms with Crippen molar-refractivity contribution in [1.82, 2.24) is 9.88 Å². The van der Waals surface area contributed by atoms with Crippen LogP contribution in [0.3, 0.4) is 0 Å². The zero-order valence-electron chi connectivity index (χ0n) is 20.4. The molecule has 2 heterocycles. The van der Waals surface area contributed by atoms with Crippen LogP contribution < -0.4 is 10.2 Å². The first kappa shape index (κ1) is 24.2. The first-order chi connectivity index (χ1) is 17.7. The van der Waals surface area contributed by atoms with E-state index in [1.165, 1.54) is 17.4 Å². The second-order valence-electron chi connectivity index (χ2n) is 8.69. The molecule has 0 unspecified atom stereocenters. The third kappa shape index (κ3) is 5.80. The van der Waals surface area contributed by atoms with E-state index in [9.17, 15) is 4.79 Å². The van der Waals surface area contributed by atoms with Gasteiger partial charge in [0.15, 0.2) is 5.76 Å². The van der Waals surface area contributed by atoms with Gasteiger partial charge in [-0.1, -0.05) is 79.3 Å². The number of rotatable bonds is 8. The van der Waals surface area contributed by atoms with Crippen molar-refractivity contribution in [3.8, 4) is 22.6 Å². The maximum atomic E-state index is 12.7. The molecular formula is C29H30N4O2S. The Morgan fingerprint density at radius 3 is 2.17 bits per heavy atom. The van der Waals surface area contributed by atoms with Crippen LogP contribution in [0.15, 0.2) is 94.6 Å². The fourth-order valence-electron chi connectivity index (χ4n) is 4.34. The Hall–Kier alpha value is -3.55. The Morgan fingerprint density at radius 1 is 0.889 bits per heavy atom. The number of oxazole rings is 1. The van der Waals surface area contributed by atoms with Gasteiger partial charge in [-0.3, -0.25) is 4.79 Å². The molecule has 1 amide bonds. The fraction of sp³-hybridized carbons (Fsp3) is 0.241. The highest BCUT2D eigenvalue weighted by molar-refractivity contribution is 7.99. The topological polar surface area (TPSA) is 61.6 Å². The van der Waals surface area contributed by atoms with Crippen molar-refractivity contribution in [3.63, 3.8) is 0 Å². The molecule has 1 aromatic heterocycles. The maximum Gasteiger partial charge on any atom is 0.257 e. The van der Waals surface area contributed by atoms with Crippen molar-refractivity contribution in [2.75, 3.05) is 48.7 Å². The smallest absolute Gasteiger partial charge is 0.257 e. The quantitative estimate of drug-likeness (QED) is 0.306. The lowest BCUT2D eigenvalue weighted by Crippen LogP contribution is -2.46. The van der Waals surface area contributed by atoms with E-state index in [0.29, 0.717) is 11.0 Å². The van der Waals surface area contributed by atoms with Crippen molar-refractivity contribution < 1.29 is 9.21 Å². The number of aromatic nitrogens is 1. The van der Waals surface area contributed by atoms with Gasteiger partial charge in [-0.25, -0.2) is 4.98 Å². The highest BCUT2D eigenvalue weighted by Gasteiger charge is 2.18. The molecule has 4 aromatic rings. The molecule has 184 valence electrons. The van der Waals surface area contributed by atoms with E-state index in [-0.39, 0.29) is 11.7 Å². The normalized spacial score (nSPS) is 14.1. The van der Waals surface area contributed by atoms with Crippen molar-refractivity contribution in [2.45, 2.75) is 12.1 Å². The lowest BCUT2D eigenvalue weighted by atomic mass is 10.1. The number of anilines is 2. The molecule has 36 heavy (non-hydrogen) atoms. The average molecular weight is 499 g/mol. The van der Waals surface area contributed by atoms with Crippen LogP contribution in [0, 0.1) is 0 Å². The van der Waals surface area contributed by atoms with E-state index in [1.807, 2.05) is 72.8 Å². The highest BCUT2D eigenvalue weighted by Crippen LogP contribution is 2.35. The molecular weight excluding hydrogens is 468 g/mol. The number of piperazine rings is 1. The van der Waals surface area contributed by atoms with Crippen LogP contribution in [0.4, 0.5) is 11.4 Å². The number of amides is 1. The first-order valence-corrected chi connectivity index (χ1v) is 13.3. The minimum Gasteiger partial charge on any atom is -0.431 e. The first-order valence-electron chi connectivity index (χ1n) is 12.3. The van der Waals surface area contributed by atoms with Gasteiger partial charge in [0, 0.05) is 48.7 Å². The summed E-state index contributed by atoms with van der Waals surface area (Å²) in [6.45, 7) is 7.55. The molecule has 3 aromatic carbocycles. The molecule has 0 saturated carbocycles. The van der Waals surface area contributed by atoms with Gasteiger partial charge in [0.25, 0.3) is 5.22 Å². The fourth-order valence-corrected chi connectivity index (χ4v) is 4.97. The van der Waals surface area contributed by atoms with Gasteiger partial charge in [0.1, 0.15) is 5.69 Å². The van der Waals surface area contributed by atoms with E-state index in [2.05, 4.69) is 34.2 Å². The molecule has 1 aliphatic rings. The number of thioether (sulfide) groups is 1. The largest absolute Gasteiger partial charge is 0.431 e. The maximum absolute atomic E-state index is 12.7. The van der Waals surface area contributed by atoms with Crippen molar-refractivity contribution in [1.29, 1.82) is 0 Å². The van der Waals surface area contributed by atoms with Gasteiger partial charge in [-0.2, -0.15) is 0 Å². The minimum absolute atomic E-state index is 0.0926. The standard InChI is InChI=1S/C29H30N4O2S/c1-2-32-17-19-33(20-18-32)25-15-13-24(14-16-25)30-26(34)21-36-29-31-27(22-9-5-3-6-10-22)28(35-29)23-11-7-4-8-12-23/h3-16H,2,17-21H2,1H3,(H,30,34). The Bertz CT molecular complexity index is 1210. The molecule has 0 spiro atoms. The molecule has 6 nitrogen and oxygen atoms in total. The van der Waals surface area contributed by atoms with Crippen LogP contribution in [-0.2, 0) is 4.79 Å². The Labute approximate surface area is 216 Å². The Balaban J connectivity index is 1.21. The molecule has 7 heteroatoms. The molecule has 1 aliphatic heterocycles. The van der Waals surface area contributed by atoms with Gasteiger partial charge < -0.3 is 19.5 Å². The SMILES string of the molecule is CCN1CCN(c2ccc(NC(=O)CSc3nc(-c4ccccc4)c(-c4ccccc4)o3)cc2)CC1. The summed E-state index contributed by atoms with van der Waals surface area (Å²) in [5, 5.41) is 3.46. The molecule has 5 rings (SSSR count). The zero-order valence-corrected chi connectivity index (χ0v) is 21.2. The van der Waals surface area contributed by atoms with Crippen LogP contribution in [-0.4, -0.2) is 54.3 Å². The zero-order chi connectivity index (χ0) is 24.7. The van der Waals surface area contributed by atoms with Gasteiger partial charge in [-0.05, 0) is 30.8 Å². The summed E-state index contributed by atoms with van der Waals surface area (Å²) < 4.78 is 6.12. The number of hydrogen-bond acceptors (Lipinski definition) is 6. The number of nitrogens with one attached hydrogen (secondary N) is 1. The van der Waals surface area contributed by atoms with Crippen molar-refractivity contribution >= 4 is 29.0 Å². The van der Waals surface area contributed by atoms with E-state index in [4.69, 9.17) is 9.40 Å². The molecule has 1 N–H and O–H groups in total. The number of hydrogen-bond donors (Lipinski definition) is 1. The average Bonchev–Trinajstić information content (AvgIpc) is 3.38. The number of benzene rings is 3. The van der Waals surface area contributed by atoms with E-state index in [1.54, 1.807) is 0 Å². The second kappa shape index (κ2) is 11.5. The number of carbonyl (C=O) groups is 1. The number of carbonyl (C=O) groups excluding carboxylic acids is 1. The highest BCUT2D eigenvalue weighted by atomic mass is 32.2. The Morgan fingerprint density at radius 2 is 1.53 bits per heavy atom. The third-order valence-electron chi connectivity index (χ3n) is 6.35. The van der Waals surface area contributed by atoms with Gasteiger partial charge in [0.2, 0.25) is 5.91 Å². The summed E-state index contributed by atoms with van der Waals surface area (Å²) in [4.78, 5) is 22.2. The summed E-state index contributed by atoms with van der Waals surface area (Å²) in [5.41, 5.74) is 4.70.